The molecule has 0 saturated heterocycles. The van der Waals surface area contributed by atoms with Gasteiger partial charge >= 0.3 is 0 Å². The van der Waals surface area contributed by atoms with Gasteiger partial charge < -0.3 is 5.32 Å². The Morgan fingerprint density at radius 1 is 1.37 bits per heavy atom. The van der Waals surface area contributed by atoms with Crippen molar-refractivity contribution in [2.45, 2.75) is 31.2 Å². The molecule has 1 N–H and O–H groups in total. The number of nitrogens with one attached hydrogen (secondary N) is 1. The third-order valence-corrected chi connectivity index (χ3v) is 4.01. The normalized spacial score (nSPS) is 12.3. The standard InChI is InChI=1S/C11H12BrClFNO3S/c1-11(2,3)15-10(16)6-4-9(19(13,17)18)8(14)5-7(6)12/h4-5H,1-3H3,(H,15,16). The number of carbonyl (C=O) groups excluding carboxylic acids is 1. The lowest BCUT2D eigenvalue weighted by atomic mass is 10.1. The Labute approximate surface area is 123 Å². The summed E-state index contributed by atoms with van der Waals surface area (Å²) in [6.45, 7) is 5.30. The minimum absolute atomic E-state index is 0.00412. The van der Waals surface area contributed by atoms with E-state index in [2.05, 4.69) is 21.2 Å². The molecule has 0 spiro atoms. The van der Waals surface area contributed by atoms with Crippen LogP contribution in [0.3, 0.4) is 0 Å². The minimum atomic E-state index is -4.25. The molecule has 1 rings (SSSR count). The molecule has 0 aliphatic carbocycles. The van der Waals surface area contributed by atoms with E-state index >= 15 is 0 Å². The maximum atomic E-state index is 13.5. The second kappa shape index (κ2) is 5.38. The smallest absolute Gasteiger partial charge is 0.264 e. The molecule has 19 heavy (non-hydrogen) atoms. The van der Waals surface area contributed by atoms with E-state index in [-0.39, 0.29) is 10.0 Å². The Kier molecular flexibility index (Phi) is 4.64. The monoisotopic (exact) mass is 371 g/mol. The molecule has 0 fully saturated rings. The third-order valence-electron chi connectivity index (χ3n) is 2.02. The van der Waals surface area contributed by atoms with Gasteiger partial charge in [-0.2, -0.15) is 0 Å². The van der Waals surface area contributed by atoms with Crippen LogP contribution >= 0.6 is 26.6 Å². The number of rotatable bonds is 2. The van der Waals surface area contributed by atoms with Crippen LogP contribution < -0.4 is 5.32 Å². The molecule has 0 saturated carbocycles. The van der Waals surface area contributed by atoms with Crippen molar-refractivity contribution in [2.24, 2.45) is 0 Å². The minimum Gasteiger partial charge on any atom is -0.347 e. The molecule has 0 aliphatic rings. The second-order valence-electron chi connectivity index (χ2n) is 4.90. The fraction of sp³-hybridized carbons (Fsp3) is 0.364. The van der Waals surface area contributed by atoms with Crippen molar-refractivity contribution >= 4 is 41.6 Å². The lowest BCUT2D eigenvalue weighted by molar-refractivity contribution is 0.0918. The largest absolute Gasteiger partial charge is 0.347 e. The molecule has 0 aliphatic heterocycles. The topological polar surface area (TPSA) is 63.2 Å². The first-order valence-electron chi connectivity index (χ1n) is 5.18. The van der Waals surface area contributed by atoms with Crippen molar-refractivity contribution in [2.75, 3.05) is 0 Å². The number of hydrogen-bond acceptors (Lipinski definition) is 3. The molecule has 0 atom stereocenters. The van der Waals surface area contributed by atoms with Gasteiger partial charge in [-0.3, -0.25) is 4.79 Å². The van der Waals surface area contributed by atoms with Crippen molar-refractivity contribution in [3.63, 3.8) is 0 Å². The van der Waals surface area contributed by atoms with Gasteiger partial charge in [0.2, 0.25) is 0 Å². The lowest BCUT2D eigenvalue weighted by Crippen LogP contribution is -2.40. The Morgan fingerprint density at radius 2 is 1.89 bits per heavy atom. The number of hydrogen-bond donors (Lipinski definition) is 1. The molecular weight excluding hydrogens is 361 g/mol. The number of amides is 1. The predicted molar refractivity (Wildman–Crippen MR) is 74.4 cm³/mol. The molecule has 0 bridgehead atoms. The van der Waals surface area contributed by atoms with Crippen molar-refractivity contribution in [1.82, 2.24) is 5.32 Å². The van der Waals surface area contributed by atoms with Crippen molar-refractivity contribution in [1.29, 1.82) is 0 Å². The first-order valence-corrected chi connectivity index (χ1v) is 8.28. The van der Waals surface area contributed by atoms with Crippen LogP contribution in [-0.4, -0.2) is 19.9 Å². The first kappa shape index (κ1) is 16.4. The molecule has 0 unspecified atom stereocenters. The van der Waals surface area contributed by atoms with E-state index in [0.717, 1.165) is 12.1 Å². The van der Waals surface area contributed by atoms with Gasteiger partial charge in [0.25, 0.3) is 15.0 Å². The molecule has 1 aromatic rings. The summed E-state index contributed by atoms with van der Waals surface area (Å²) in [4.78, 5) is 11.2. The van der Waals surface area contributed by atoms with Crippen molar-refractivity contribution in [3.8, 4) is 0 Å². The maximum Gasteiger partial charge on any atom is 0.264 e. The lowest BCUT2D eigenvalue weighted by Gasteiger charge is -2.21. The highest BCUT2D eigenvalue weighted by Gasteiger charge is 2.23. The molecule has 0 aromatic heterocycles. The van der Waals surface area contributed by atoms with Gasteiger partial charge in [-0.1, -0.05) is 0 Å². The zero-order valence-corrected chi connectivity index (χ0v) is 13.6. The molecule has 0 heterocycles. The maximum absolute atomic E-state index is 13.5. The average molecular weight is 373 g/mol. The van der Waals surface area contributed by atoms with Crippen LogP contribution in [0.15, 0.2) is 21.5 Å². The summed E-state index contributed by atoms with van der Waals surface area (Å²) in [6.07, 6.45) is 0. The summed E-state index contributed by atoms with van der Waals surface area (Å²) in [6, 6.07) is 1.80. The van der Waals surface area contributed by atoms with Gasteiger partial charge in [-0.15, -0.1) is 0 Å². The summed E-state index contributed by atoms with van der Waals surface area (Å²) in [5.41, 5.74) is -0.513. The summed E-state index contributed by atoms with van der Waals surface area (Å²) >= 11 is 3.02. The number of carbonyl (C=O) groups is 1. The van der Waals surface area contributed by atoms with Gasteiger partial charge in [0.1, 0.15) is 10.7 Å². The highest BCUT2D eigenvalue weighted by atomic mass is 79.9. The van der Waals surface area contributed by atoms with Gasteiger partial charge in [0.15, 0.2) is 0 Å². The van der Waals surface area contributed by atoms with Crippen LogP contribution in [0.1, 0.15) is 31.1 Å². The summed E-state index contributed by atoms with van der Waals surface area (Å²) in [7, 11) is 0.858. The van der Waals surface area contributed by atoms with Crippen LogP contribution in [0.4, 0.5) is 4.39 Å². The third kappa shape index (κ3) is 4.43. The van der Waals surface area contributed by atoms with E-state index < -0.39 is 31.2 Å². The van der Waals surface area contributed by atoms with E-state index in [9.17, 15) is 17.6 Å². The van der Waals surface area contributed by atoms with Gasteiger partial charge in [0.05, 0.1) is 5.56 Å². The zero-order chi connectivity index (χ0) is 15.0. The van der Waals surface area contributed by atoms with Crippen molar-refractivity contribution in [3.05, 3.63) is 28.0 Å². The Bertz CT molecular complexity index is 626. The highest BCUT2D eigenvalue weighted by molar-refractivity contribution is 9.10. The molecular formula is C11H12BrClFNO3S. The Hall–Kier alpha value is -0.660. The molecule has 1 amide bonds. The predicted octanol–water partition coefficient (Wildman–Crippen LogP) is 3.04. The second-order valence-corrected chi connectivity index (χ2v) is 8.29. The molecule has 0 radical (unpaired) electrons. The van der Waals surface area contributed by atoms with Gasteiger partial charge in [-0.05, 0) is 48.8 Å². The highest BCUT2D eigenvalue weighted by Crippen LogP contribution is 2.26. The Morgan fingerprint density at radius 3 is 2.32 bits per heavy atom. The number of halogens is 3. The molecule has 1 aromatic carbocycles. The van der Waals surface area contributed by atoms with Crippen LogP contribution in [0.5, 0.6) is 0 Å². The molecule has 4 nitrogen and oxygen atoms in total. The first-order chi connectivity index (χ1) is 8.42. The number of benzene rings is 1. The van der Waals surface area contributed by atoms with E-state index in [1.807, 2.05) is 0 Å². The quantitative estimate of drug-likeness (QED) is 0.812. The van der Waals surface area contributed by atoms with E-state index in [1.165, 1.54) is 0 Å². The molecule has 8 heteroatoms. The average Bonchev–Trinajstić information content (AvgIpc) is 2.11. The van der Waals surface area contributed by atoms with Crippen LogP contribution in [-0.2, 0) is 9.05 Å². The summed E-state index contributed by atoms with van der Waals surface area (Å²) in [5, 5.41) is 2.65. The fourth-order valence-electron chi connectivity index (χ4n) is 1.30. The fourth-order valence-corrected chi connectivity index (χ4v) is 2.70. The summed E-state index contributed by atoms with van der Waals surface area (Å²) in [5.74, 6) is -1.55. The van der Waals surface area contributed by atoms with Crippen LogP contribution in [0, 0.1) is 5.82 Å². The zero-order valence-electron chi connectivity index (χ0n) is 10.4. The van der Waals surface area contributed by atoms with E-state index in [4.69, 9.17) is 10.7 Å². The van der Waals surface area contributed by atoms with Gasteiger partial charge in [-0.25, -0.2) is 12.8 Å². The summed E-state index contributed by atoms with van der Waals surface area (Å²) < 4.78 is 36.1. The van der Waals surface area contributed by atoms with Crippen LogP contribution in [0.2, 0.25) is 0 Å². The van der Waals surface area contributed by atoms with E-state index in [1.54, 1.807) is 20.8 Å². The van der Waals surface area contributed by atoms with Gasteiger partial charge in [0, 0.05) is 20.7 Å². The van der Waals surface area contributed by atoms with Crippen LogP contribution in [0.25, 0.3) is 0 Å². The SMILES string of the molecule is CC(C)(C)NC(=O)c1cc(S(=O)(=O)Cl)c(F)cc1Br. The molecule has 106 valence electrons. The van der Waals surface area contributed by atoms with E-state index in [0.29, 0.717) is 0 Å². The Balaban J connectivity index is 3.34. The van der Waals surface area contributed by atoms with Crippen molar-refractivity contribution < 1.29 is 17.6 Å².